The number of anilines is 1. The number of halogens is 3. The third-order valence-electron chi connectivity index (χ3n) is 3.08. The van der Waals surface area contributed by atoms with Gasteiger partial charge in [-0.1, -0.05) is 29.3 Å². The van der Waals surface area contributed by atoms with Crippen LogP contribution >= 0.6 is 23.2 Å². The molecule has 0 amide bonds. The first-order valence-electron chi connectivity index (χ1n) is 6.10. The molecule has 0 fully saturated rings. The van der Waals surface area contributed by atoms with Gasteiger partial charge in [-0.25, -0.2) is 9.37 Å². The molecule has 0 saturated heterocycles. The van der Waals surface area contributed by atoms with Gasteiger partial charge in [-0.3, -0.25) is 0 Å². The van der Waals surface area contributed by atoms with E-state index < -0.39 is 17.1 Å². The maximum absolute atomic E-state index is 14.4. The summed E-state index contributed by atoms with van der Waals surface area (Å²) in [5.74, 6) is -0.602. The van der Waals surface area contributed by atoms with E-state index in [0.717, 1.165) is 0 Å². The van der Waals surface area contributed by atoms with E-state index in [-0.39, 0.29) is 22.2 Å². The van der Waals surface area contributed by atoms with Crippen molar-refractivity contribution in [2.75, 3.05) is 5.73 Å². The summed E-state index contributed by atoms with van der Waals surface area (Å²) in [6, 6.07) is 3.36. The fraction of sp³-hybridized carbons (Fsp3) is 0.286. The smallest absolute Gasteiger partial charge is 0.213 e. The summed E-state index contributed by atoms with van der Waals surface area (Å²) in [6.07, 6.45) is 4.83. The highest BCUT2D eigenvalue weighted by molar-refractivity contribution is 6.32. The van der Waals surface area contributed by atoms with Crippen molar-refractivity contribution in [1.29, 1.82) is 5.26 Å². The zero-order valence-electron chi connectivity index (χ0n) is 11.1. The first kappa shape index (κ1) is 15.6. The SMILES string of the molecule is CC(Oc1cc(C#N)cnc1N)C1C(Cl)=CC=CC1(F)Cl. The zero-order valence-corrected chi connectivity index (χ0v) is 12.6. The van der Waals surface area contributed by atoms with Crippen molar-refractivity contribution in [3.63, 3.8) is 0 Å². The van der Waals surface area contributed by atoms with E-state index in [1.807, 2.05) is 6.07 Å². The van der Waals surface area contributed by atoms with Crippen molar-refractivity contribution < 1.29 is 9.13 Å². The number of alkyl halides is 2. The highest BCUT2D eigenvalue weighted by atomic mass is 35.5. The number of pyridine rings is 1. The molecule has 1 aromatic heterocycles. The van der Waals surface area contributed by atoms with E-state index in [2.05, 4.69) is 4.98 Å². The lowest BCUT2D eigenvalue weighted by Crippen LogP contribution is -2.38. The second-order valence-electron chi connectivity index (χ2n) is 4.61. The number of hydrogen-bond donors (Lipinski definition) is 1. The second kappa shape index (κ2) is 5.92. The zero-order chi connectivity index (χ0) is 15.6. The van der Waals surface area contributed by atoms with Gasteiger partial charge in [0.05, 0.1) is 11.5 Å². The molecule has 0 saturated carbocycles. The molecule has 4 nitrogen and oxygen atoms in total. The Balaban J connectivity index is 2.26. The average molecular weight is 328 g/mol. The number of nitrogen functional groups attached to an aromatic ring is 1. The molecule has 2 rings (SSSR count). The van der Waals surface area contributed by atoms with Gasteiger partial charge in [-0.15, -0.1) is 0 Å². The van der Waals surface area contributed by atoms with Gasteiger partial charge in [0.1, 0.15) is 12.2 Å². The lowest BCUT2D eigenvalue weighted by Gasteiger charge is -2.32. The van der Waals surface area contributed by atoms with Gasteiger partial charge in [-0.05, 0) is 19.1 Å². The van der Waals surface area contributed by atoms with Gasteiger partial charge in [0.2, 0.25) is 5.13 Å². The van der Waals surface area contributed by atoms with Crippen molar-refractivity contribution in [3.05, 3.63) is 41.1 Å². The third kappa shape index (κ3) is 3.29. The molecule has 1 heterocycles. The standard InChI is InChI=1S/C14H12Cl2FN3O/c1-8(12-10(15)3-2-4-14(12,16)17)21-11-5-9(6-18)7-20-13(11)19/h2-5,7-8,12H,1H3,(H2,19,20). The minimum atomic E-state index is -2.15. The van der Waals surface area contributed by atoms with Crippen LogP contribution in [0.1, 0.15) is 12.5 Å². The van der Waals surface area contributed by atoms with Gasteiger partial charge in [0.15, 0.2) is 11.6 Å². The minimum absolute atomic E-state index is 0.103. The lowest BCUT2D eigenvalue weighted by atomic mass is 9.93. The molecule has 3 unspecified atom stereocenters. The molecule has 0 bridgehead atoms. The number of rotatable bonds is 3. The molecule has 0 aromatic carbocycles. The molecule has 2 N–H and O–H groups in total. The Hall–Kier alpha value is -1.77. The number of ether oxygens (including phenoxy) is 1. The lowest BCUT2D eigenvalue weighted by molar-refractivity contribution is 0.112. The highest BCUT2D eigenvalue weighted by Gasteiger charge is 2.43. The van der Waals surface area contributed by atoms with E-state index in [4.69, 9.17) is 38.9 Å². The molecule has 1 aromatic rings. The van der Waals surface area contributed by atoms with Gasteiger partial charge >= 0.3 is 0 Å². The van der Waals surface area contributed by atoms with Crippen LogP contribution in [0.3, 0.4) is 0 Å². The number of aromatic nitrogens is 1. The molecule has 0 spiro atoms. The molecule has 1 aliphatic carbocycles. The molecule has 110 valence electrons. The molecular weight excluding hydrogens is 316 g/mol. The number of nitrogens with two attached hydrogens (primary N) is 1. The number of nitriles is 1. The van der Waals surface area contributed by atoms with Crippen LogP contribution in [0.25, 0.3) is 0 Å². The van der Waals surface area contributed by atoms with Crippen LogP contribution in [0.15, 0.2) is 35.5 Å². The molecule has 21 heavy (non-hydrogen) atoms. The van der Waals surface area contributed by atoms with E-state index in [9.17, 15) is 4.39 Å². The summed E-state index contributed by atoms with van der Waals surface area (Å²) < 4.78 is 20.0. The summed E-state index contributed by atoms with van der Waals surface area (Å²) >= 11 is 11.9. The largest absolute Gasteiger partial charge is 0.486 e. The van der Waals surface area contributed by atoms with Crippen LogP contribution in [-0.2, 0) is 0 Å². The summed E-state index contributed by atoms with van der Waals surface area (Å²) in [6.45, 7) is 1.62. The highest BCUT2D eigenvalue weighted by Crippen LogP contribution is 2.42. The maximum Gasteiger partial charge on any atom is 0.213 e. The predicted octanol–water partition coefficient (Wildman–Crippen LogP) is 3.52. The van der Waals surface area contributed by atoms with Crippen LogP contribution in [0.2, 0.25) is 0 Å². The van der Waals surface area contributed by atoms with Crippen LogP contribution < -0.4 is 10.5 Å². The Morgan fingerprint density at radius 3 is 2.95 bits per heavy atom. The van der Waals surface area contributed by atoms with Crippen molar-refractivity contribution >= 4 is 29.0 Å². The summed E-state index contributed by atoms with van der Waals surface area (Å²) in [7, 11) is 0. The predicted molar refractivity (Wildman–Crippen MR) is 79.7 cm³/mol. The Morgan fingerprint density at radius 1 is 1.62 bits per heavy atom. The fourth-order valence-corrected chi connectivity index (χ4v) is 2.91. The first-order valence-corrected chi connectivity index (χ1v) is 6.85. The third-order valence-corrected chi connectivity index (χ3v) is 3.80. The van der Waals surface area contributed by atoms with Gasteiger partial charge in [0, 0.05) is 17.3 Å². The number of allylic oxidation sites excluding steroid dienone is 3. The van der Waals surface area contributed by atoms with E-state index in [1.54, 1.807) is 13.0 Å². The van der Waals surface area contributed by atoms with Crippen molar-refractivity contribution in [2.45, 2.75) is 18.2 Å². The van der Waals surface area contributed by atoms with Crippen molar-refractivity contribution in [3.8, 4) is 11.8 Å². The van der Waals surface area contributed by atoms with Crippen LogP contribution in [0.5, 0.6) is 5.75 Å². The van der Waals surface area contributed by atoms with Crippen LogP contribution in [0.4, 0.5) is 10.2 Å². The molecule has 7 heteroatoms. The summed E-state index contributed by atoms with van der Waals surface area (Å²) in [5.41, 5.74) is 5.98. The van der Waals surface area contributed by atoms with E-state index in [0.29, 0.717) is 0 Å². The number of hydrogen-bond acceptors (Lipinski definition) is 4. The molecular formula is C14H12Cl2FN3O. The Labute approximate surface area is 131 Å². The van der Waals surface area contributed by atoms with Gasteiger partial charge < -0.3 is 10.5 Å². The quantitative estimate of drug-likeness (QED) is 0.862. The van der Waals surface area contributed by atoms with Crippen LogP contribution in [0, 0.1) is 17.2 Å². The van der Waals surface area contributed by atoms with Crippen molar-refractivity contribution in [2.24, 2.45) is 5.92 Å². The first-order chi connectivity index (χ1) is 9.85. The van der Waals surface area contributed by atoms with Gasteiger partial charge in [-0.2, -0.15) is 5.26 Å². The summed E-state index contributed by atoms with van der Waals surface area (Å²) in [5, 5.41) is 6.94. The average Bonchev–Trinajstić information content (AvgIpc) is 2.40. The van der Waals surface area contributed by atoms with E-state index in [1.165, 1.54) is 24.4 Å². The molecule has 0 radical (unpaired) electrons. The molecule has 1 aliphatic rings. The topological polar surface area (TPSA) is 71.9 Å². The maximum atomic E-state index is 14.4. The second-order valence-corrected chi connectivity index (χ2v) is 5.62. The Morgan fingerprint density at radius 2 is 2.33 bits per heavy atom. The molecule has 0 aliphatic heterocycles. The normalized spacial score (nSPS) is 25.9. The molecule has 3 atom stereocenters. The Kier molecular flexibility index (Phi) is 4.40. The number of nitrogens with zero attached hydrogens (tertiary/aromatic N) is 2. The monoisotopic (exact) mass is 327 g/mol. The minimum Gasteiger partial charge on any atom is -0.486 e. The Bertz CT molecular complexity index is 652. The van der Waals surface area contributed by atoms with Crippen molar-refractivity contribution in [1.82, 2.24) is 4.98 Å². The summed E-state index contributed by atoms with van der Waals surface area (Å²) in [4.78, 5) is 3.85. The fourth-order valence-electron chi connectivity index (χ4n) is 2.08. The van der Waals surface area contributed by atoms with Gasteiger partial charge in [0.25, 0.3) is 0 Å². The van der Waals surface area contributed by atoms with Crippen LogP contribution in [-0.4, -0.2) is 16.2 Å². The van der Waals surface area contributed by atoms with E-state index >= 15 is 0 Å².